The molecule has 20 heavy (non-hydrogen) atoms. The van der Waals surface area contributed by atoms with Gasteiger partial charge in [0.2, 0.25) is 0 Å². The van der Waals surface area contributed by atoms with Crippen LogP contribution in [0.5, 0.6) is 5.75 Å². The fourth-order valence-electron chi connectivity index (χ4n) is 1.97. The average Bonchev–Trinajstić information content (AvgIpc) is 2.99. The molecule has 6 heteroatoms. The van der Waals surface area contributed by atoms with Crippen LogP contribution in [0.25, 0.3) is 4.96 Å². The Morgan fingerprint density at radius 2 is 2.35 bits per heavy atom. The second-order valence-corrected chi connectivity index (χ2v) is 5.14. The van der Waals surface area contributed by atoms with Crippen molar-refractivity contribution in [2.45, 2.75) is 6.42 Å². The first-order chi connectivity index (χ1) is 9.67. The Hall–Kier alpha value is -2.21. The smallest absolute Gasteiger partial charge is 0.193 e. The molecule has 0 saturated carbocycles. The van der Waals surface area contributed by atoms with E-state index in [0.29, 0.717) is 11.4 Å². The summed E-state index contributed by atoms with van der Waals surface area (Å²) in [5, 5.41) is 1.91. The highest BCUT2D eigenvalue weighted by atomic mass is 32.1. The zero-order valence-corrected chi connectivity index (χ0v) is 11.5. The lowest BCUT2D eigenvalue weighted by molar-refractivity contribution is 0.0988. The molecule has 0 unspecified atom stereocenters. The standard InChI is InChI=1S/C14H11FN2O2S/c1-19-10-2-3-11(12(15)7-10)13(18)6-9-8-17-4-5-20-14(17)16-9/h2-5,7-8H,6H2,1H3. The average molecular weight is 290 g/mol. The Bertz CT molecular complexity index is 750. The molecule has 0 atom stereocenters. The van der Waals surface area contributed by atoms with Gasteiger partial charge >= 0.3 is 0 Å². The molecular weight excluding hydrogens is 279 g/mol. The molecule has 0 aliphatic heterocycles. The molecule has 0 saturated heterocycles. The number of rotatable bonds is 4. The first-order valence-corrected chi connectivity index (χ1v) is 6.83. The van der Waals surface area contributed by atoms with Crippen molar-refractivity contribution in [2.75, 3.05) is 7.11 Å². The number of methoxy groups -OCH3 is 1. The number of Topliss-reactive ketones (excluding diaryl/α,β-unsaturated/α-hetero) is 1. The van der Waals surface area contributed by atoms with Crippen LogP contribution in [0.1, 0.15) is 16.1 Å². The molecule has 2 aromatic heterocycles. The van der Waals surface area contributed by atoms with Crippen molar-refractivity contribution < 1.29 is 13.9 Å². The van der Waals surface area contributed by atoms with Crippen LogP contribution in [0, 0.1) is 5.82 Å². The summed E-state index contributed by atoms with van der Waals surface area (Å²) in [6, 6.07) is 4.22. The SMILES string of the molecule is COc1ccc(C(=O)Cc2cn3ccsc3n2)c(F)c1. The van der Waals surface area contributed by atoms with Gasteiger partial charge in [-0.05, 0) is 12.1 Å². The number of halogens is 1. The maximum absolute atomic E-state index is 13.8. The van der Waals surface area contributed by atoms with Crippen molar-refractivity contribution in [3.8, 4) is 5.75 Å². The maximum atomic E-state index is 13.8. The number of carbonyl (C=O) groups is 1. The highest BCUT2D eigenvalue weighted by molar-refractivity contribution is 7.15. The second kappa shape index (κ2) is 5.05. The van der Waals surface area contributed by atoms with Crippen molar-refractivity contribution in [1.29, 1.82) is 0 Å². The Morgan fingerprint density at radius 1 is 1.50 bits per heavy atom. The largest absolute Gasteiger partial charge is 0.497 e. The van der Waals surface area contributed by atoms with Gasteiger partial charge in [-0.2, -0.15) is 0 Å². The highest BCUT2D eigenvalue weighted by Crippen LogP contribution is 2.18. The summed E-state index contributed by atoms with van der Waals surface area (Å²) >= 11 is 1.49. The Labute approximate surface area is 118 Å². The monoisotopic (exact) mass is 290 g/mol. The molecule has 0 bridgehead atoms. The zero-order chi connectivity index (χ0) is 14.1. The molecule has 0 aliphatic carbocycles. The molecule has 2 heterocycles. The van der Waals surface area contributed by atoms with Crippen LogP contribution >= 0.6 is 11.3 Å². The Balaban J connectivity index is 1.83. The van der Waals surface area contributed by atoms with E-state index in [2.05, 4.69) is 4.98 Å². The highest BCUT2D eigenvalue weighted by Gasteiger charge is 2.15. The summed E-state index contributed by atoms with van der Waals surface area (Å²) in [7, 11) is 1.45. The van der Waals surface area contributed by atoms with Gasteiger partial charge in [-0.15, -0.1) is 11.3 Å². The third-order valence-electron chi connectivity index (χ3n) is 2.96. The summed E-state index contributed by atoms with van der Waals surface area (Å²) in [5.41, 5.74) is 0.694. The lowest BCUT2D eigenvalue weighted by atomic mass is 10.1. The summed E-state index contributed by atoms with van der Waals surface area (Å²) < 4.78 is 20.6. The first-order valence-electron chi connectivity index (χ1n) is 5.95. The predicted octanol–water partition coefficient (Wildman–Crippen LogP) is 2.97. The summed E-state index contributed by atoms with van der Waals surface area (Å²) in [4.78, 5) is 17.2. The molecule has 0 N–H and O–H groups in total. The van der Waals surface area contributed by atoms with Gasteiger partial charge in [-0.1, -0.05) is 0 Å². The molecule has 3 aromatic rings. The van der Waals surface area contributed by atoms with Crippen molar-refractivity contribution in [3.05, 3.63) is 53.0 Å². The number of carbonyl (C=O) groups excluding carboxylic acids is 1. The van der Waals surface area contributed by atoms with E-state index >= 15 is 0 Å². The lowest BCUT2D eigenvalue weighted by Crippen LogP contribution is -2.06. The van der Waals surface area contributed by atoms with Crippen LogP contribution in [0.3, 0.4) is 0 Å². The van der Waals surface area contributed by atoms with Gasteiger partial charge in [0.05, 0.1) is 24.8 Å². The van der Waals surface area contributed by atoms with Gasteiger partial charge in [0.1, 0.15) is 11.6 Å². The number of benzene rings is 1. The number of ketones is 1. The van der Waals surface area contributed by atoms with Gasteiger partial charge < -0.3 is 4.74 Å². The van der Waals surface area contributed by atoms with Gasteiger partial charge in [-0.3, -0.25) is 9.20 Å². The van der Waals surface area contributed by atoms with E-state index in [4.69, 9.17) is 4.74 Å². The molecule has 0 amide bonds. The topological polar surface area (TPSA) is 43.6 Å². The molecule has 0 fully saturated rings. The lowest BCUT2D eigenvalue weighted by Gasteiger charge is -2.04. The Kier molecular flexibility index (Phi) is 3.23. The minimum Gasteiger partial charge on any atom is -0.497 e. The van der Waals surface area contributed by atoms with E-state index in [1.165, 1.54) is 30.6 Å². The van der Waals surface area contributed by atoms with Gasteiger partial charge in [-0.25, -0.2) is 9.37 Å². The van der Waals surface area contributed by atoms with Crippen LogP contribution in [-0.2, 0) is 6.42 Å². The molecule has 3 rings (SSSR count). The number of nitrogens with zero attached hydrogens (tertiary/aromatic N) is 2. The fourth-order valence-corrected chi connectivity index (χ4v) is 2.69. The van der Waals surface area contributed by atoms with Crippen LogP contribution in [-0.4, -0.2) is 22.3 Å². The molecule has 102 valence electrons. The quantitative estimate of drug-likeness (QED) is 0.694. The third kappa shape index (κ3) is 2.30. The van der Waals surface area contributed by atoms with Crippen LogP contribution in [0.2, 0.25) is 0 Å². The first kappa shape index (κ1) is 12.8. The van der Waals surface area contributed by atoms with E-state index in [9.17, 15) is 9.18 Å². The second-order valence-electron chi connectivity index (χ2n) is 4.27. The van der Waals surface area contributed by atoms with Crippen molar-refractivity contribution in [1.82, 2.24) is 9.38 Å². The maximum Gasteiger partial charge on any atom is 0.193 e. The minimum atomic E-state index is -0.574. The molecule has 1 aromatic carbocycles. The minimum absolute atomic E-state index is 0.0576. The molecule has 0 aliphatic rings. The number of thiazole rings is 1. The van der Waals surface area contributed by atoms with E-state index < -0.39 is 5.82 Å². The number of fused-ring (bicyclic) bond motifs is 1. The van der Waals surface area contributed by atoms with E-state index in [1.54, 1.807) is 12.3 Å². The Morgan fingerprint density at radius 3 is 3.05 bits per heavy atom. The van der Waals surface area contributed by atoms with Crippen LogP contribution in [0.4, 0.5) is 4.39 Å². The number of imidazole rings is 1. The fraction of sp³-hybridized carbons (Fsp3) is 0.143. The van der Waals surface area contributed by atoms with E-state index in [1.807, 2.05) is 16.0 Å². The van der Waals surface area contributed by atoms with Gasteiger partial charge in [0.15, 0.2) is 10.7 Å². The van der Waals surface area contributed by atoms with Crippen LogP contribution < -0.4 is 4.74 Å². The molecule has 0 radical (unpaired) electrons. The summed E-state index contributed by atoms with van der Waals surface area (Å²) in [5.74, 6) is -0.479. The third-order valence-corrected chi connectivity index (χ3v) is 3.73. The van der Waals surface area contributed by atoms with Crippen molar-refractivity contribution >= 4 is 22.1 Å². The molecule has 4 nitrogen and oxygen atoms in total. The van der Waals surface area contributed by atoms with Crippen molar-refractivity contribution in [2.24, 2.45) is 0 Å². The number of hydrogen-bond donors (Lipinski definition) is 0. The molecule has 0 spiro atoms. The number of hydrogen-bond acceptors (Lipinski definition) is 4. The van der Waals surface area contributed by atoms with Gasteiger partial charge in [0.25, 0.3) is 0 Å². The zero-order valence-electron chi connectivity index (χ0n) is 10.7. The number of ether oxygens (including phenoxy) is 1. The number of aromatic nitrogens is 2. The molecular formula is C14H11FN2O2S. The van der Waals surface area contributed by atoms with Gasteiger partial charge in [0, 0.05) is 23.8 Å². The predicted molar refractivity (Wildman–Crippen MR) is 74.1 cm³/mol. The summed E-state index contributed by atoms with van der Waals surface area (Å²) in [6.07, 6.45) is 3.73. The van der Waals surface area contributed by atoms with Crippen LogP contribution in [0.15, 0.2) is 36.0 Å². The van der Waals surface area contributed by atoms with E-state index in [-0.39, 0.29) is 17.8 Å². The van der Waals surface area contributed by atoms with E-state index in [0.717, 1.165) is 4.96 Å². The summed E-state index contributed by atoms with van der Waals surface area (Å²) in [6.45, 7) is 0. The normalized spacial score (nSPS) is 10.9. The van der Waals surface area contributed by atoms with Crippen molar-refractivity contribution in [3.63, 3.8) is 0 Å².